The Hall–Kier alpha value is -1.51. The van der Waals surface area contributed by atoms with Crippen LogP contribution < -0.4 is 9.47 Å². The van der Waals surface area contributed by atoms with Crippen molar-refractivity contribution in [2.24, 2.45) is 0 Å². The Balaban J connectivity index is 2.51. The second-order valence-electron chi connectivity index (χ2n) is 3.74. The van der Waals surface area contributed by atoms with Gasteiger partial charge in [0.05, 0.1) is 6.61 Å². The third kappa shape index (κ3) is 4.34. The molecule has 1 atom stereocenters. The Labute approximate surface area is 96.4 Å². The molecule has 0 heterocycles. The molecule has 1 aromatic carbocycles. The molecule has 0 aliphatic heterocycles. The largest absolute Gasteiger partial charge is 0.494 e. The summed E-state index contributed by atoms with van der Waals surface area (Å²) in [5.41, 5.74) is 0. The monoisotopic (exact) mass is 222 g/mol. The first-order chi connectivity index (χ1) is 7.61. The summed E-state index contributed by atoms with van der Waals surface area (Å²) in [6.07, 6.45) is 0.350. The van der Waals surface area contributed by atoms with E-state index in [2.05, 4.69) is 0 Å². The number of rotatable bonds is 6. The molecule has 1 unspecified atom stereocenters. The van der Waals surface area contributed by atoms with E-state index < -0.39 is 0 Å². The van der Waals surface area contributed by atoms with Crippen LogP contribution in [0.15, 0.2) is 24.3 Å². The van der Waals surface area contributed by atoms with Crippen molar-refractivity contribution in [3.63, 3.8) is 0 Å². The van der Waals surface area contributed by atoms with Gasteiger partial charge in [0.15, 0.2) is 0 Å². The molecular weight excluding hydrogens is 204 g/mol. The summed E-state index contributed by atoms with van der Waals surface area (Å²) in [4.78, 5) is 10.9. The Kier molecular flexibility index (Phi) is 4.83. The Morgan fingerprint density at radius 3 is 2.31 bits per heavy atom. The SMILES string of the molecule is CCOc1ccc(OC(C)CC(C)=O)cc1. The Morgan fingerprint density at radius 2 is 1.81 bits per heavy atom. The minimum atomic E-state index is -0.0876. The van der Waals surface area contributed by atoms with Crippen LogP contribution in [-0.4, -0.2) is 18.5 Å². The minimum Gasteiger partial charge on any atom is -0.494 e. The van der Waals surface area contributed by atoms with Crippen LogP contribution in [0.25, 0.3) is 0 Å². The minimum absolute atomic E-state index is 0.0876. The van der Waals surface area contributed by atoms with Crippen molar-refractivity contribution in [3.8, 4) is 11.5 Å². The van der Waals surface area contributed by atoms with Crippen molar-refractivity contribution in [2.75, 3.05) is 6.61 Å². The lowest BCUT2D eigenvalue weighted by Crippen LogP contribution is -2.15. The molecule has 0 aromatic heterocycles. The number of ether oxygens (including phenoxy) is 2. The molecule has 3 nitrogen and oxygen atoms in total. The Bertz CT molecular complexity index is 330. The number of hydrogen-bond donors (Lipinski definition) is 0. The lowest BCUT2D eigenvalue weighted by Gasteiger charge is -2.13. The van der Waals surface area contributed by atoms with Crippen LogP contribution in [0, 0.1) is 0 Å². The van der Waals surface area contributed by atoms with Gasteiger partial charge in [-0.2, -0.15) is 0 Å². The van der Waals surface area contributed by atoms with E-state index in [1.807, 2.05) is 38.1 Å². The van der Waals surface area contributed by atoms with Gasteiger partial charge in [-0.3, -0.25) is 4.79 Å². The molecule has 0 N–H and O–H groups in total. The molecule has 0 spiro atoms. The van der Waals surface area contributed by atoms with Gasteiger partial charge < -0.3 is 9.47 Å². The van der Waals surface area contributed by atoms with Crippen LogP contribution in [0.3, 0.4) is 0 Å². The van der Waals surface area contributed by atoms with Gasteiger partial charge >= 0.3 is 0 Å². The summed E-state index contributed by atoms with van der Waals surface area (Å²) >= 11 is 0. The summed E-state index contributed by atoms with van der Waals surface area (Å²) < 4.78 is 10.9. The van der Waals surface area contributed by atoms with Crippen molar-refractivity contribution in [2.45, 2.75) is 33.3 Å². The zero-order valence-corrected chi connectivity index (χ0v) is 10.0. The summed E-state index contributed by atoms with van der Waals surface area (Å²) in [7, 11) is 0. The average molecular weight is 222 g/mol. The van der Waals surface area contributed by atoms with Crippen LogP contribution in [0.5, 0.6) is 11.5 Å². The zero-order chi connectivity index (χ0) is 12.0. The van der Waals surface area contributed by atoms with Crippen LogP contribution in [0.2, 0.25) is 0 Å². The molecule has 0 bridgehead atoms. The summed E-state index contributed by atoms with van der Waals surface area (Å²) in [5.74, 6) is 1.73. The fraction of sp³-hybridized carbons (Fsp3) is 0.462. The van der Waals surface area contributed by atoms with Gasteiger partial charge in [-0.1, -0.05) is 0 Å². The van der Waals surface area contributed by atoms with E-state index in [0.29, 0.717) is 13.0 Å². The predicted molar refractivity (Wildman–Crippen MR) is 63.0 cm³/mol. The van der Waals surface area contributed by atoms with E-state index in [-0.39, 0.29) is 11.9 Å². The topological polar surface area (TPSA) is 35.5 Å². The molecular formula is C13H18O3. The van der Waals surface area contributed by atoms with Crippen LogP contribution in [-0.2, 0) is 4.79 Å². The van der Waals surface area contributed by atoms with Gasteiger partial charge in [0.2, 0.25) is 0 Å². The molecule has 1 rings (SSSR count). The number of ketones is 1. The molecule has 3 heteroatoms. The first-order valence-electron chi connectivity index (χ1n) is 5.50. The van der Waals surface area contributed by atoms with E-state index >= 15 is 0 Å². The molecule has 0 aliphatic rings. The maximum absolute atomic E-state index is 10.9. The maximum Gasteiger partial charge on any atom is 0.133 e. The normalized spacial score (nSPS) is 11.9. The number of Topliss-reactive ketones (excluding diaryl/α,β-unsaturated/α-hetero) is 1. The molecule has 0 aliphatic carbocycles. The smallest absolute Gasteiger partial charge is 0.133 e. The molecule has 0 saturated heterocycles. The first kappa shape index (κ1) is 12.6. The van der Waals surface area contributed by atoms with E-state index in [9.17, 15) is 4.79 Å². The van der Waals surface area contributed by atoms with Crippen LogP contribution in [0.1, 0.15) is 27.2 Å². The maximum atomic E-state index is 10.9. The van der Waals surface area contributed by atoms with Crippen LogP contribution in [0.4, 0.5) is 0 Å². The molecule has 0 amide bonds. The highest BCUT2D eigenvalue weighted by Gasteiger charge is 2.06. The average Bonchev–Trinajstić information content (AvgIpc) is 2.20. The third-order valence-corrected chi connectivity index (χ3v) is 2.05. The highest BCUT2D eigenvalue weighted by molar-refractivity contribution is 5.75. The molecule has 0 saturated carbocycles. The van der Waals surface area contributed by atoms with Gasteiger partial charge in [-0.15, -0.1) is 0 Å². The molecule has 88 valence electrons. The number of carbonyl (C=O) groups excluding carboxylic acids is 1. The number of benzene rings is 1. The van der Waals surface area contributed by atoms with Crippen molar-refractivity contribution >= 4 is 5.78 Å². The predicted octanol–water partition coefficient (Wildman–Crippen LogP) is 2.83. The fourth-order valence-corrected chi connectivity index (χ4v) is 1.46. The molecule has 0 fully saturated rings. The van der Waals surface area contributed by atoms with Crippen LogP contribution >= 0.6 is 0 Å². The standard InChI is InChI=1S/C13H18O3/c1-4-15-12-5-7-13(8-6-12)16-11(3)9-10(2)14/h5-8,11H,4,9H2,1-3H3. The number of carbonyl (C=O) groups is 1. The second-order valence-corrected chi connectivity index (χ2v) is 3.74. The van der Waals surface area contributed by atoms with E-state index in [4.69, 9.17) is 9.47 Å². The quantitative estimate of drug-likeness (QED) is 0.742. The number of hydrogen-bond acceptors (Lipinski definition) is 3. The lowest BCUT2D eigenvalue weighted by atomic mass is 10.2. The van der Waals surface area contributed by atoms with Crippen molar-refractivity contribution in [3.05, 3.63) is 24.3 Å². The third-order valence-electron chi connectivity index (χ3n) is 2.05. The fourth-order valence-electron chi connectivity index (χ4n) is 1.46. The van der Waals surface area contributed by atoms with Crippen molar-refractivity contribution in [1.29, 1.82) is 0 Å². The van der Waals surface area contributed by atoms with E-state index in [1.54, 1.807) is 6.92 Å². The molecule has 0 radical (unpaired) electrons. The first-order valence-corrected chi connectivity index (χ1v) is 5.50. The van der Waals surface area contributed by atoms with E-state index in [1.165, 1.54) is 0 Å². The Morgan fingerprint density at radius 1 is 1.25 bits per heavy atom. The van der Waals surface area contributed by atoms with Gasteiger partial charge in [0.1, 0.15) is 23.4 Å². The zero-order valence-electron chi connectivity index (χ0n) is 10.0. The molecule has 16 heavy (non-hydrogen) atoms. The lowest BCUT2D eigenvalue weighted by molar-refractivity contribution is -0.118. The second kappa shape index (κ2) is 6.16. The summed E-state index contributed by atoms with van der Waals surface area (Å²) in [6.45, 7) is 6.05. The van der Waals surface area contributed by atoms with Gasteiger partial charge in [0, 0.05) is 6.42 Å². The van der Waals surface area contributed by atoms with Gasteiger partial charge in [-0.05, 0) is 45.0 Å². The van der Waals surface area contributed by atoms with Gasteiger partial charge in [0.25, 0.3) is 0 Å². The highest BCUT2D eigenvalue weighted by atomic mass is 16.5. The van der Waals surface area contributed by atoms with E-state index in [0.717, 1.165) is 11.5 Å². The highest BCUT2D eigenvalue weighted by Crippen LogP contribution is 2.19. The summed E-state index contributed by atoms with van der Waals surface area (Å²) in [6, 6.07) is 7.42. The van der Waals surface area contributed by atoms with Gasteiger partial charge in [-0.25, -0.2) is 0 Å². The summed E-state index contributed by atoms with van der Waals surface area (Å²) in [5, 5.41) is 0. The van der Waals surface area contributed by atoms with Crippen molar-refractivity contribution < 1.29 is 14.3 Å². The molecule has 1 aromatic rings. The van der Waals surface area contributed by atoms with Crippen molar-refractivity contribution in [1.82, 2.24) is 0 Å².